The molecule has 0 aliphatic carbocycles. The molecule has 6 nitrogen and oxygen atoms in total. The summed E-state index contributed by atoms with van der Waals surface area (Å²) in [5.41, 5.74) is 0.458. The van der Waals surface area contributed by atoms with Crippen LogP contribution < -0.4 is 5.32 Å². The van der Waals surface area contributed by atoms with Crippen molar-refractivity contribution in [3.63, 3.8) is 0 Å². The highest BCUT2D eigenvalue weighted by Crippen LogP contribution is 2.26. The number of carbonyl (C=O) groups is 1. The first-order valence-electron chi connectivity index (χ1n) is 8.32. The van der Waals surface area contributed by atoms with Crippen LogP contribution in [0.15, 0.2) is 39.9 Å². The van der Waals surface area contributed by atoms with Crippen LogP contribution >= 0.6 is 34.5 Å². The molecule has 1 atom stereocenters. The van der Waals surface area contributed by atoms with Gasteiger partial charge >= 0.3 is 0 Å². The number of hydrogen-bond donors (Lipinski definition) is 1. The Kier molecular flexibility index (Phi) is 6.45. The second-order valence-electron chi connectivity index (χ2n) is 6.16. The number of rotatable bonds is 5. The third kappa shape index (κ3) is 4.64. The number of anilines is 1. The maximum atomic E-state index is 12.6. The Hall–Kier alpha value is -1.16. The second kappa shape index (κ2) is 8.46. The van der Waals surface area contributed by atoms with E-state index in [0.717, 1.165) is 0 Å². The maximum Gasteiger partial charge on any atom is 0.252 e. The summed E-state index contributed by atoms with van der Waals surface area (Å²) in [5.74, 6) is -0.214. The van der Waals surface area contributed by atoms with Gasteiger partial charge in [-0.15, -0.1) is 11.3 Å². The highest BCUT2D eigenvalue weighted by Gasteiger charge is 2.32. The van der Waals surface area contributed by atoms with E-state index in [1.807, 2.05) is 4.90 Å². The fraction of sp³-hybridized carbons (Fsp3) is 0.353. The summed E-state index contributed by atoms with van der Waals surface area (Å²) < 4.78 is 27.0. The van der Waals surface area contributed by atoms with Gasteiger partial charge in [0.1, 0.15) is 4.21 Å². The maximum absolute atomic E-state index is 12.6. The standard InChI is InChI=1S/C17H19Cl2N3O3S2/c1-12(17(23)20-15-11-13(18)4-5-14(15)19)21-6-8-22(9-7-21)27(24,25)16-3-2-10-26-16/h2-5,10-12H,6-9H2,1H3,(H,20,23)/t12-/m0/s1. The summed E-state index contributed by atoms with van der Waals surface area (Å²) in [5, 5.41) is 5.42. The van der Waals surface area contributed by atoms with Crippen molar-refractivity contribution in [2.45, 2.75) is 17.2 Å². The minimum absolute atomic E-state index is 0.214. The van der Waals surface area contributed by atoms with Gasteiger partial charge in [0, 0.05) is 31.2 Å². The average Bonchev–Trinajstić information content (AvgIpc) is 3.20. The van der Waals surface area contributed by atoms with Crippen molar-refractivity contribution in [3.05, 3.63) is 45.8 Å². The Morgan fingerprint density at radius 3 is 2.52 bits per heavy atom. The van der Waals surface area contributed by atoms with E-state index >= 15 is 0 Å². The third-order valence-corrected chi connectivity index (χ3v) is 8.31. The van der Waals surface area contributed by atoms with Gasteiger partial charge in [-0.25, -0.2) is 8.42 Å². The largest absolute Gasteiger partial charge is 0.323 e. The molecule has 1 fully saturated rings. The van der Waals surface area contributed by atoms with Gasteiger partial charge in [-0.3, -0.25) is 9.69 Å². The van der Waals surface area contributed by atoms with Gasteiger partial charge in [0.2, 0.25) is 5.91 Å². The fourth-order valence-corrected chi connectivity index (χ4v) is 5.77. The van der Waals surface area contributed by atoms with E-state index in [9.17, 15) is 13.2 Å². The summed E-state index contributed by atoms with van der Waals surface area (Å²) in [4.78, 5) is 14.5. The van der Waals surface area contributed by atoms with Crippen molar-refractivity contribution in [1.29, 1.82) is 0 Å². The van der Waals surface area contributed by atoms with Gasteiger partial charge in [-0.05, 0) is 36.6 Å². The highest BCUT2D eigenvalue weighted by atomic mass is 35.5. The number of amides is 1. The number of nitrogens with zero attached hydrogens (tertiary/aromatic N) is 2. The minimum Gasteiger partial charge on any atom is -0.323 e. The molecule has 0 unspecified atom stereocenters. The molecule has 3 rings (SSSR count). The molecule has 27 heavy (non-hydrogen) atoms. The van der Waals surface area contributed by atoms with Crippen LogP contribution in [-0.4, -0.2) is 55.8 Å². The van der Waals surface area contributed by atoms with Crippen LogP contribution in [0.1, 0.15) is 6.92 Å². The van der Waals surface area contributed by atoms with Crippen LogP contribution in [-0.2, 0) is 14.8 Å². The van der Waals surface area contributed by atoms with Gasteiger partial charge in [-0.1, -0.05) is 29.3 Å². The van der Waals surface area contributed by atoms with E-state index in [0.29, 0.717) is 46.1 Å². The number of sulfonamides is 1. The predicted molar refractivity (Wildman–Crippen MR) is 109 cm³/mol. The Balaban J connectivity index is 1.60. The zero-order valence-electron chi connectivity index (χ0n) is 14.6. The van der Waals surface area contributed by atoms with Crippen molar-refractivity contribution in [2.24, 2.45) is 0 Å². The number of carbonyl (C=O) groups excluding carboxylic acids is 1. The van der Waals surface area contributed by atoms with Crippen LogP contribution in [0, 0.1) is 0 Å². The monoisotopic (exact) mass is 447 g/mol. The second-order valence-corrected chi connectivity index (χ2v) is 10.1. The van der Waals surface area contributed by atoms with E-state index in [2.05, 4.69) is 5.32 Å². The molecule has 0 radical (unpaired) electrons. The predicted octanol–water partition coefficient (Wildman–Crippen LogP) is 3.39. The lowest BCUT2D eigenvalue weighted by Crippen LogP contribution is -2.53. The van der Waals surface area contributed by atoms with Gasteiger partial charge in [0.25, 0.3) is 10.0 Å². The number of hydrogen-bond acceptors (Lipinski definition) is 5. The number of nitrogens with one attached hydrogen (secondary N) is 1. The normalized spacial score (nSPS) is 17.6. The number of thiophene rings is 1. The molecule has 0 saturated carbocycles. The molecule has 10 heteroatoms. The van der Waals surface area contributed by atoms with Crippen molar-refractivity contribution >= 4 is 56.2 Å². The van der Waals surface area contributed by atoms with E-state index in [1.54, 1.807) is 42.6 Å². The van der Waals surface area contributed by atoms with E-state index in [-0.39, 0.29) is 5.91 Å². The Bertz CT molecular complexity index is 912. The van der Waals surface area contributed by atoms with Crippen molar-refractivity contribution < 1.29 is 13.2 Å². The lowest BCUT2D eigenvalue weighted by Gasteiger charge is -2.36. The quantitative estimate of drug-likeness (QED) is 0.762. The SMILES string of the molecule is C[C@@H](C(=O)Nc1cc(Cl)ccc1Cl)N1CCN(S(=O)(=O)c2cccs2)CC1. The highest BCUT2D eigenvalue weighted by molar-refractivity contribution is 7.91. The van der Waals surface area contributed by atoms with Crippen LogP contribution in [0.25, 0.3) is 0 Å². The van der Waals surface area contributed by atoms with Gasteiger partial charge in [-0.2, -0.15) is 4.31 Å². The summed E-state index contributed by atoms with van der Waals surface area (Å²) in [6.45, 7) is 3.42. The lowest BCUT2D eigenvalue weighted by atomic mass is 10.2. The Labute approximate surface area is 172 Å². The number of benzene rings is 1. The smallest absolute Gasteiger partial charge is 0.252 e. The third-order valence-electron chi connectivity index (χ3n) is 4.48. The molecular weight excluding hydrogens is 429 g/mol. The van der Waals surface area contributed by atoms with Crippen molar-refractivity contribution in [3.8, 4) is 0 Å². The number of piperazine rings is 1. The fourth-order valence-electron chi connectivity index (χ4n) is 2.87. The van der Waals surface area contributed by atoms with Crippen LogP contribution in [0.5, 0.6) is 0 Å². The van der Waals surface area contributed by atoms with Gasteiger partial charge < -0.3 is 5.32 Å². The van der Waals surface area contributed by atoms with E-state index < -0.39 is 16.1 Å². The van der Waals surface area contributed by atoms with Gasteiger partial charge in [0.15, 0.2) is 0 Å². The minimum atomic E-state index is -3.45. The zero-order valence-corrected chi connectivity index (χ0v) is 17.7. The molecule has 1 amide bonds. The topological polar surface area (TPSA) is 69.7 Å². The summed E-state index contributed by atoms with van der Waals surface area (Å²) in [6, 6.07) is 7.78. The van der Waals surface area contributed by atoms with Crippen LogP contribution in [0.3, 0.4) is 0 Å². The molecule has 0 bridgehead atoms. The van der Waals surface area contributed by atoms with E-state index in [4.69, 9.17) is 23.2 Å². The average molecular weight is 448 g/mol. The summed E-state index contributed by atoms with van der Waals surface area (Å²) in [7, 11) is -3.45. The summed E-state index contributed by atoms with van der Waals surface area (Å²) >= 11 is 13.2. The van der Waals surface area contributed by atoms with Crippen molar-refractivity contribution in [1.82, 2.24) is 9.21 Å². The Morgan fingerprint density at radius 1 is 1.19 bits per heavy atom. The van der Waals surface area contributed by atoms with Crippen LogP contribution in [0.2, 0.25) is 10.0 Å². The van der Waals surface area contributed by atoms with Crippen molar-refractivity contribution in [2.75, 3.05) is 31.5 Å². The molecule has 1 aromatic carbocycles. The molecule has 1 N–H and O–H groups in total. The zero-order chi connectivity index (χ0) is 19.6. The molecule has 2 heterocycles. The molecule has 2 aromatic rings. The summed E-state index contributed by atoms with van der Waals surface area (Å²) in [6.07, 6.45) is 0. The molecule has 0 spiro atoms. The van der Waals surface area contributed by atoms with Crippen LogP contribution in [0.4, 0.5) is 5.69 Å². The molecule has 1 aliphatic rings. The molecular formula is C17H19Cl2N3O3S2. The first-order chi connectivity index (χ1) is 12.8. The lowest BCUT2D eigenvalue weighted by molar-refractivity contribution is -0.121. The molecule has 146 valence electrons. The molecule has 1 saturated heterocycles. The first-order valence-corrected chi connectivity index (χ1v) is 11.4. The first kappa shape index (κ1) is 20.6. The molecule has 1 aliphatic heterocycles. The molecule has 1 aromatic heterocycles. The number of halogens is 2. The Morgan fingerprint density at radius 2 is 1.89 bits per heavy atom. The van der Waals surface area contributed by atoms with Gasteiger partial charge in [0.05, 0.1) is 16.8 Å². The van der Waals surface area contributed by atoms with E-state index in [1.165, 1.54) is 15.6 Å².